The second-order valence-electron chi connectivity index (χ2n) is 5.56. The van der Waals surface area contributed by atoms with Gasteiger partial charge in [-0.05, 0) is 46.8 Å². The summed E-state index contributed by atoms with van der Waals surface area (Å²) >= 11 is 0. The minimum atomic E-state index is -0.237. The highest BCUT2D eigenvalue weighted by molar-refractivity contribution is 5.84. The van der Waals surface area contributed by atoms with Gasteiger partial charge in [0.15, 0.2) is 0 Å². The van der Waals surface area contributed by atoms with Gasteiger partial charge in [-0.15, -0.1) is 0 Å². The zero-order chi connectivity index (χ0) is 16.4. The monoisotopic (exact) mass is 318 g/mol. The third kappa shape index (κ3) is 2.96. The minimum absolute atomic E-state index is 0.237. The van der Waals surface area contributed by atoms with Crippen molar-refractivity contribution < 1.29 is 4.39 Å². The van der Waals surface area contributed by atoms with Crippen molar-refractivity contribution in [2.24, 2.45) is 0 Å². The van der Waals surface area contributed by atoms with Gasteiger partial charge in [-0.25, -0.2) is 14.4 Å². The minimum Gasteiger partial charge on any atom is -0.361 e. The number of fused-ring (bicyclic) bond motifs is 1. The molecule has 0 saturated heterocycles. The molecular weight excluding hydrogens is 303 g/mol. The zero-order valence-corrected chi connectivity index (χ0v) is 12.8. The molecule has 4 aromatic rings. The molecule has 2 aromatic heterocycles. The van der Waals surface area contributed by atoms with Crippen LogP contribution < -0.4 is 5.32 Å². The number of rotatable bonds is 4. The Kier molecular flexibility index (Phi) is 3.67. The van der Waals surface area contributed by atoms with E-state index in [1.54, 1.807) is 24.5 Å². The van der Waals surface area contributed by atoms with Crippen LogP contribution in [0.25, 0.3) is 22.0 Å². The van der Waals surface area contributed by atoms with Crippen LogP contribution in [0.4, 0.5) is 10.3 Å². The largest absolute Gasteiger partial charge is 0.361 e. The molecule has 0 unspecified atom stereocenters. The van der Waals surface area contributed by atoms with Crippen LogP contribution in [0.15, 0.2) is 67.1 Å². The van der Waals surface area contributed by atoms with E-state index in [4.69, 9.17) is 0 Å². The molecular formula is C19H15FN4. The van der Waals surface area contributed by atoms with E-state index in [9.17, 15) is 4.39 Å². The highest BCUT2D eigenvalue weighted by Crippen LogP contribution is 2.23. The average Bonchev–Trinajstić information content (AvgIpc) is 3.09. The molecule has 24 heavy (non-hydrogen) atoms. The Bertz CT molecular complexity index is 959. The third-order valence-electron chi connectivity index (χ3n) is 3.90. The first-order valence-corrected chi connectivity index (χ1v) is 7.66. The van der Waals surface area contributed by atoms with Crippen LogP contribution in [0, 0.1) is 5.82 Å². The molecule has 0 radical (unpaired) electrons. The van der Waals surface area contributed by atoms with Gasteiger partial charge >= 0.3 is 0 Å². The Balaban J connectivity index is 1.48. The number of aromatic amines is 1. The Morgan fingerprint density at radius 2 is 1.71 bits per heavy atom. The third-order valence-corrected chi connectivity index (χ3v) is 3.90. The van der Waals surface area contributed by atoms with Crippen molar-refractivity contribution in [3.05, 3.63) is 78.5 Å². The van der Waals surface area contributed by atoms with E-state index >= 15 is 0 Å². The number of anilines is 1. The molecule has 4 rings (SSSR count). The van der Waals surface area contributed by atoms with Gasteiger partial charge in [0.25, 0.3) is 0 Å². The van der Waals surface area contributed by atoms with Crippen molar-refractivity contribution in [1.82, 2.24) is 15.0 Å². The lowest BCUT2D eigenvalue weighted by molar-refractivity contribution is 0.627. The maximum Gasteiger partial charge on any atom is 0.222 e. The Morgan fingerprint density at radius 1 is 0.917 bits per heavy atom. The van der Waals surface area contributed by atoms with Gasteiger partial charge in [-0.1, -0.05) is 18.2 Å². The van der Waals surface area contributed by atoms with E-state index in [0.29, 0.717) is 12.5 Å². The molecule has 0 amide bonds. The maximum atomic E-state index is 12.9. The molecule has 0 aliphatic heterocycles. The van der Waals surface area contributed by atoms with Crippen molar-refractivity contribution >= 4 is 16.9 Å². The summed E-state index contributed by atoms with van der Waals surface area (Å²) in [5.41, 5.74) is 4.12. The van der Waals surface area contributed by atoms with Crippen LogP contribution in [-0.2, 0) is 6.54 Å². The summed E-state index contributed by atoms with van der Waals surface area (Å²) < 4.78 is 12.9. The number of H-pyrrole nitrogens is 1. The Labute approximate surface area is 138 Å². The summed E-state index contributed by atoms with van der Waals surface area (Å²) in [7, 11) is 0. The molecule has 5 heteroatoms. The van der Waals surface area contributed by atoms with Crippen molar-refractivity contribution in [1.29, 1.82) is 0 Å². The number of hydrogen-bond donors (Lipinski definition) is 2. The molecule has 2 heterocycles. The topological polar surface area (TPSA) is 53.6 Å². The van der Waals surface area contributed by atoms with E-state index in [1.807, 2.05) is 24.4 Å². The predicted molar refractivity (Wildman–Crippen MR) is 93.1 cm³/mol. The van der Waals surface area contributed by atoms with Crippen molar-refractivity contribution in [2.75, 3.05) is 5.32 Å². The van der Waals surface area contributed by atoms with Crippen molar-refractivity contribution in [3.8, 4) is 11.1 Å². The standard InChI is InChI=1S/C19H15FN4/c20-17-4-1-13(2-5-17)10-22-19-23-11-16(12-24-19)14-3-6-18-15(9-14)7-8-21-18/h1-9,11-12,21H,10H2,(H,22,23,24). The summed E-state index contributed by atoms with van der Waals surface area (Å²) in [6.07, 6.45) is 5.52. The van der Waals surface area contributed by atoms with E-state index in [0.717, 1.165) is 27.6 Å². The fourth-order valence-electron chi connectivity index (χ4n) is 2.58. The zero-order valence-electron chi connectivity index (χ0n) is 12.8. The first-order chi connectivity index (χ1) is 11.8. The predicted octanol–water partition coefficient (Wildman–Crippen LogP) is 4.38. The summed E-state index contributed by atoms with van der Waals surface area (Å²) in [6.45, 7) is 0.551. The summed E-state index contributed by atoms with van der Waals surface area (Å²) in [5, 5.41) is 4.29. The molecule has 0 aliphatic carbocycles. The number of nitrogens with one attached hydrogen (secondary N) is 2. The van der Waals surface area contributed by atoms with Crippen LogP contribution in [0.3, 0.4) is 0 Å². The smallest absolute Gasteiger partial charge is 0.222 e. The van der Waals surface area contributed by atoms with Gasteiger partial charge in [0.2, 0.25) is 5.95 Å². The quantitative estimate of drug-likeness (QED) is 0.587. The Morgan fingerprint density at radius 3 is 2.50 bits per heavy atom. The van der Waals surface area contributed by atoms with E-state index < -0.39 is 0 Å². The molecule has 2 aromatic carbocycles. The van der Waals surface area contributed by atoms with Gasteiger partial charge < -0.3 is 10.3 Å². The average molecular weight is 318 g/mol. The fourth-order valence-corrected chi connectivity index (χ4v) is 2.58. The van der Waals surface area contributed by atoms with Gasteiger partial charge in [0, 0.05) is 36.2 Å². The number of halogens is 1. The molecule has 2 N–H and O–H groups in total. The molecule has 0 fully saturated rings. The normalized spacial score (nSPS) is 10.9. The van der Waals surface area contributed by atoms with Crippen LogP contribution in [0.5, 0.6) is 0 Å². The van der Waals surface area contributed by atoms with Gasteiger partial charge in [-0.3, -0.25) is 0 Å². The van der Waals surface area contributed by atoms with E-state index in [-0.39, 0.29) is 5.82 Å². The second-order valence-corrected chi connectivity index (χ2v) is 5.56. The summed E-state index contributed by atoms with van der Waals surface area (Å²) in [4.78, 5) is 11.9. The lowest BCUT2D eigenvalue weighted by atomic mass is 10.1. The number of benzene rings is 2. The SMILES string of the molecule is Fc1ccc(CNc2ncc(-c3ccc4[nH]ccc4c3)cn2)cc1. The highest BCUT2D eigenvalue weighted by atomic mass is 19.1. The van der Waals surface area contributed by atoms with Gasteiger partial charge in [0.05, 0.1) is 0 Å². The first kappa shape index (κ1) is 14.4. The number of hydrogen-bond acceptors (Lipinski definition) is 3. The van der Waals surface area contributed by atoms with Crippen LogP contribution >= 0.6 is 0 Å². The van der Waals surface area contributed by atoms with Crippen LogP contribution in [-0.4, -0.2) is 15.0 Å². The summed E-state index contributed by atoms with van der Waals surface area (Å²) in [6, 6.07) is 14.6. The van der Waals surface area contributed by atoms with Crippen LogP contribution in [0.2, 0.25) is 0 Å². The molecule has 0 bridgehead atoms. The summed E-state index contributed by atoms with van der Waals surface area (Å²) in [5.74, 6) is 0.310. The molecule has 0 saturated carbocycles. The molecule has 118 valence electrons. The van der Waals surface area contributed by atoms with E-state index in [1.165, 1.54) is 12.1 Å². The number of nitrogens with zero attached hydrogens (tertiary/aromatic N) is 2. The Hall–Kier alpha value is -3.21. The lowest BCUT2D eigenvalue weighted by Crippen LogP contribution is -2.03. The van der Waals surface area contributed by atoms with Crippen LogP contribution in [0.1, 0.15) is 5.56 Å². The fraction of sp³-hybridized carbons (Fsp3) is 0.0526. The maximum absolute atomic E-state index is 12.9. The molecule has 0 atom stereocenters. The molecule has 0 spiro atoms. The van der Waals surface area contributed by atoms with Gasteiger partial charge in [0.1, 0.15) is 5.82 Å². The van der Waals surface area contributed by atoms with Gasteiger partial charge in [-0.2, -0.15) is 0 Å². The van der Waals surface area contributed by atoms with Crippen molar-refractivity contribution in [3.63, 3.8) is 0 Å². The first-order valence-electron chi connectivity index (χ1n) is 7.66. The molecule has 0 aliphatic rings. The lowest BCUT2D eigenvalue weighted by Gasteiger charge is -2.06. The second kappa shape index (κ2) is 6.12. The van der Waals surface area contributed by atoms with Crippen molar-refractivity contribution in [2.45, 2.75) is 6.54 Å². The molecule has 4 nitrogen and oxygen atoms in total. The van der Waals surface area contributed by atoms with E-state index in [2.05, 4.69) is 26.3 Å². The highest BCUT2D eigenvalue weighted by Gasteiger charge is 2.03. The number of aromatic nitrogens is 3.